The van der Waals surface area contributed by atoms with E-state index < -0.39 is 11.7 Å². The molecule has 0 radical (unpaired) electrons. The zero-order valence-electron chi connectivity index (χ0n) is 13.6. The maximum Gasteiger partial charge on any atom is 0.416 e. The van der Waals surface area contributed by atoms with Crippen molar-refractivity contribution in [2.75, 3.05) is 23.3 Å². The Morgan fingerprint density at radius 2 is 1.85 bits per heavy atom. The second kappa shape index (κ2) is 7.03. The predicted octanol–water partition coefficient (Wildman–Crippen LogP) is 2.73. The largest absolute Gasteiger partial charge is 0.416 e. The van der Waals surface area contributed by atoms with E-state index in [1.807, 2.05) is 4.90 Å². The van der Waals surface area contributed by atoms with Gasteiger partial charge in [-0.15, -0.1) is 0 Å². The minimum atomic E-state index is -4.38. The van der Waals surface area contributed by atoms with Crippen molar-refractivity contribution in [1.29, 1.82) is 0 Å². The third-order valence-corrected chi connectivity index (χ3v) is 3.87. The fourth-order valence-electron chi connectivity index (χ4n) is 2.53. The molecular weight excluding hydrogens is 347 g/mol. The van der Waals surface area contributed by atoms with E-state index in [2.05, 4.69) is 27.2 Å². The molecule has 3 rings (SSSR count). The lowest BCUT2D eigenvalue weighted by molar-refractivity contribution is -0.137. The summed E-state index contributed by atoms with van der Waals surface area (Å²) in [7, 11) is 0. The lowest BCUT2D eigenvalue weighted by atomic mass is 10.1. The first kappa shape index (κ1) is 17.7. The molecule has 1 amide bonds. The molecule has 0 aliphatic carbocycles. The standard InChI is InChI=1S/C17H16F3N5O/c1-2-14(26)23-13-9-25(10-13)16-15(21-7-8-22-16)24-12-5-3-11(4-6-12)17(18,19)20/h2-8,13H,1,9-10H2,(H,21,24)(H,23,26). The average Bonchev–Trinajstić information content (AvgIpc) is 2.58. The van der Waals surface area contributed by atoms with E-state index >= 15 is 0 Å². The monoisotopic (exact) mass is 363 g/mol. The number of benzene rings is 1. The highest BCUT2D eigenvalue weighted by atomic mass is 19.4. The van der Waals surface area contributed by atoms with E-state index in [-0.39, 0.29) is 11.9 Å². The van der Waals surface area contributed by atoms with E-state index in [0.29, 0.717) is 30.4 Å². The number of alkyl halides is 3. The highest BCUT2D eigenvalue weighted by Gasteiger charge is 2.31. The third-order valence-electron chi connectivity index (χ3n) is 3.87. The molecule has 2 aromatic rings. The van der Waals surface area contributed by atoms with Crippen molar-refractivity contribution in [1.82, 2.24) is 15.3 Å². The number of hydrogen-bond donors (Lipinski definition) is 2. The second-order valence-electron chi connectivity index (χ2n) is 5.74. The van der Waals surface area contributed by atoms with E-state index in [1.54, 1.807) is 0 Å². The van der Waals surface area contributed by atoms with Crippen LogP contribution in [0.5, 0.6) is 0 Å². The van der Waals surface area contributed by atoms with Gasteiger partial charge in [-0.2, -0.15) is 13.2 Å². The lowest BCUT2D eigenvalue weighted by Gasteiger charge is -2.40. The van der Waals surface area contributed by atoms with Gasteiger partial charge in [-0.05, 0) is 30.3 Å². The van der Waals surface area contributed by atoms with E-state index in [0.717, 1.165) is 12.1 Å². The number of hydrogen-bond acceptors (Lipinski definition) is 5. The van der Waals surface area contributed by atoms with Crippen LogP contribution in [-0.4, -0.2) is 35.0 Å². The number of rotatable bonds is 5. The van der Waals surface area contributed by atoms with Crippen molar-refractivity contribution >= 4 is 23.2 Å². The van der Waals surface area contributed by atoms with Crippen LogP contribution in [0.1, 0.15) is 5.56 Å². The van der Waals surface area contributed by atoms with Gasteiger partial charge in [0.05, 0.1) is 11.6 Å². The Bertz CT molecular complexity index is 801. The van der Waals surface area contributed by atoms with Gasteiger partial charge in [0.1, 0.15) is 0 Å². The molecule has 2 N–H and O–H groups in total. The Morgan fingerprint density at radius 1 is 1.19 bits per heavy atom. The van der Waals surface area contributed by atoms with Crippen LogP contribution in [0.25, 0.3) is 0 Å². The normalized spacial score (nSPS) is 14.5. The highest BCUT2D eigenvalue weighted by molar-refractivity contribution is 5.87. The summed E-state index contributed by atoms with van der Waals surface area (Å²) in [6.45, 7) is 4.51. The maximum atomic E-state index is 12.6. The number of carbonyl (C=O) groups is 1. The zero-order chi connectivity index (χ0) is 18.7. The summed E-state index contributed by atoms with van der Waals surface area (Å²) in [5.74, 6) is 0.758. The van der Waals surface area contributed by atoms with Crippen molar-refractivity contribution in [3.05, 3.63) is 54.9 Å². The van der Waals surface area contributed by atoms with Gasteiger partial charge < -0.3 is 15.5 Å². The Morgan fingerprint density at radius 3 is 2.46 bits per heavy atom. The van der Waals surface area contributed by atoms with E-state index in [9.17, 15) is 18.0 Å². The quantitative estimate of drug-likeness (QED) is 0.800. The molecule has 0 unspecified atom stereocenters. The van der Waals surface area contributed by atoms with Gasteiger partial charge in [-0.1, -0.05) is 6.58 Å². The van der Waals surface area contributed by atoms with Crippen molar-refractivity contribution in [3.63, 3.8) is 0 Å². The molecule has 1 aliphatic rings. The van der Waals surface area contributed by atoms with Gasteiger partial charge in [-0.25, -0.2) is 9.97 Å². The molecule has 0 atom stereocenters. The molecule has 0 saturated carbocycles. The molecule has 1 fully saturated rings. The molecule has 26 heavy (non-hydrogen) atoms. The molecule has 1 saturated heterocycles. The molecule has 1 aromatic carbocycles. The molecular formula is C17H16F3N5O. The summed E-state index contributed by atoms with van der Waals surface area (Å²) in [5, 5.41) is 5.76. The van der Waals surface area contributed by atoms with Crippen LogP contribution >= 0.6 is 0 Å². The first-order chi connectivity index (χ1) is 12.4. The number of anilines is 3. The molecule has 2 heterocycles. The molecule has 0 spiro atoms. The number of amides is 1. The number of aromatic nitrogens is 2. The number of nitrogens with one attached hydrogen (secondary N) is 2. The Labute approximate surface area is 147 Å². The summed E-state index contributed by atoms with van der Waals surface area (Å²) in [6, 6.07) is 4.67. The molecule has 9 heteroatoms. The van der Waals surface area contributed by atoms with Crippen LogP contribution in [0.4, 0.5) is 30.5 Å². The first-order valence-electron chi connectivity index (χ1n) is 7.80. The predicted molar refractivity (Wildman–Crippen MR) is 91.1 cm³/mol. The number of nitrogens with zero attached hydrogens (tertiary/aromatic N) is 3. The van der Waals surface area contributed by atoms with Gasteiger partial charge in [0.2, 0.25) is 5.91 Å². The Balaban J connectivity index is 1.69. The summed E-state index contributed by atoms with van der Waals surface area (Å²) in [5.41, 5.74) is -0.247. The van der Waals surface area contributed by atoms with E-state index in [1.165, 1.54) is 30.6 Å². The molecule has 6 nitrogen and oxygen atoms in total. The lowest BCUT2D eigenvalue weighted by Crippen LogP contribution is -2.59. The van der Waals surface area contributed by atoms with Gasteiger partial charge in [0.25, 0.3) is 0 Å². The van der Waals surface area contributed by atoms with Crippen LogP contribution in [-0.2, 0) is 11.0 Å². The van der Waals surface area contributed by atoms with Crippen LogP contribution in [0.2, 0.25) is 0 Å². The fourth-order valence-corrected chi connectivity index (χ4v) is 2.53. The second-order valence-corrected chi connectivity index (χ2v) is 5.74. The van der Waals surface area contributed by atoms with Crippen molar-refractivity contribution < 1.29 is 18.0 Å². The SMILES string of the molecule is C=CC(=O)NC1CN(c2nccnc2Nc2ccc(C(F)(F)F)cc2)C1. The summed E-state index contributed by atoms with van der Waals surface area (Å²) in [4.78, 5) is 21.7. The summed E-state index contributed by atoms with van der Waals surface area (Å²) < 4.78 is 37.9. The van der Waals surface area contributed by atoms with Gasteiger partial charge in [0.15, 0.2) is 11.6 Å². The maximum absolute atomic E-state index is 12.6. The highest BCUT2D eigenvalue weighted by Crippen LogP contribution is 2.31. The topological polar surface area (TPSA) is 70.2 Å². The van der Waals surface area contributed by atoms with Gasteiger partial charge in [-0.3, -0.25) is 4.79 Å². The smallest absolute Gasteiger partial charge is 0.349 e. The van der Waals surface area contributed by atoms with Crippen LogP contribution in [0.15, 0.2) is 49.3 Å². The molecule has 1 aromatic heterocycles. The fraction of sp³-hybridized carbons (Fsp3) is 0.235. The van der Waals surface area contributed by atoms with Gasteiger partial charge >= 0.3 is 6.18 Å². The van der Waals surface area contributed by atoms with Crippen molar-refractivity contribution in [2.45, 2.75) is 12.2 Å². The number of carbonyl (C=O) groups excluding carboxylic acids is 1. The van der Waals surface area contributed by atoms with Gasteiger partial charge in [0, 0.05) is 31.2 Å². The third kappa shape index (κ3) is 3.93. The first-order valence-corrected chi connectivity index (χ1v) is 7.80. The van der Waals surface area contributed by atoms with Crippen LogP contribution in [0.3, 0.4) is 0 Å². The zero-order valence-corrected chi connectivity index (χ0v) is 13.6. The minimum Gasteiger partial charge on any atom is -0.349 e. The Hall–Kier alpha value is -3.10. The Kier molecular flexibility index (Phi) is 4.79. The van der Waals surface area contributed by atoms with Crippen LogP contribution < -0.4 is 15.5 Å². The molecule has 1 aliphatic heterocycles. The average molecular weight is 363 g/mol. The van der Waals surface area contributed by atoms with Crippen molar-refractivity contribution in [2.24, 2.45) is 0 Å². The molecule has 0 bridgehead atoms. The minimum absolute atomic E-state index is 0.0126. The van der Waals surface area contributed by atoms with Crippen LogP contribution in [0, 0.1) is 0 Å². The molecule has 136 valence electrons. The van der Waals surface area contributed by atoms with E-state index in [4.69, 9.17) is 0 Å². The number of halogens is 3. The summed E-state index contributed by atoms with van der Waals surface area (Å²) >= 11 is 0. The summed E-state index contributed by atoms with van der Waals surface area (Å²) in [6.07, 6.45) is -0.142. The van der Waals surface area contributed by atoms with Crippen molar-refractivity contribution in [3.8, 4) is 0 Å².